The molecule has 1 aromatic heterocycles. The number of ketones is 1. The molecule has 5 nitrogen and oxygen atoms in total. The lowest BCUT2D eigenvalue weighted by Gasteiger charge is -2.36. The van der Waals surface area contributed by atoms with Crippen LogP contribution in [-0.2, 0) is 0 Å². The van der Waals surface area contributed by atoms with Gasteiger partial charge in [0.05, 0.1) is 24.7 Å². The van der Waals surface area contributed by atoms with E-state index in [0.717, 1.165) is 34.7 Å². The quantitative estimate of drug-likeness (QED) is 0.579. The summed E-state index contributed by atoms with van der Waals surface area (Å²) in [4.78, 5) is 17.5. The fourth-order valence-electron chi connectivity index (χ4n) is 3.55. The summed E-state index contributed by atoms with van der Waals surface area (Å²) in [5.74, 6) is 2.14. The summed E-state index contributed by atoms with van der Waals surface area (Å²) in [7, 11) is 1.63. The number of fused-ring (bicyclic) bond motifs is 1. The molecular weight excluding hydrogens is 372 g/mol. The summed E-state index contributed by atoms with van der Waals surface area (Å²) in [5, 5.41) is 0.763. The zero-order valence-electron chi connectivity index (χ0n) is 16.2. The number of hydrogen-bond donors (Lipinski definition) is 0. The third-order valence-corrected chi connectivity index (χ3v) is 6.16. The van der Waals surface area contributed by atoms with E-state index in [4.69, 9.17) is 9.47 Å². The van der Waals surface area contributed by atoms with E-state index in [9.17, 15) is 4.79 Å². The Kier molecular flexibility index (Phi) is 4.89. The molecule has 6 heteroatoms. The van der Waals surface area contributed by atoms with Crippen LogP contribution in [0.25, 0.3) is 22.0 Å². The van der Waals surface area contributed by atoms with Crippen LogP contribution in [0.2, 0.25) is 0 Å². The van der Waals surface area contributed by atoms with Crippen molar-refractivity contribution in [2.45, 2.75) is 38.7 Å². The summed E-state index contributed by atoms with van der Waals surface area (Å²) in [6.07, 6.45) is 2.04. The zero-order valence-corrected chi connectivity index (χ0v) is 17.0. The van der Waals surface area contributed by atoms with Crippen LogP contribution in [0.3, 0.4) is 0 Å². The molecule has 0 bridgehead atoms. The highest BCUT2D eigenvalue weighted by atomic mass is 32.1. The van der Waals surface area contributed by atoms with Crippen LogP contribution in [0.1, 0.15) is 43.5 Å². The van der Waals surface area contributed by atoms with Crippen molar-refractivity contribution in [3.63, 3.8) is 0 Å². The van der Waals surface area contributed by atoms with E-state index >= 15 is 0 Å². The molecule has 0 atom stereocenters. The van der Waals surface area contributed by atoms with Gasteiger partial charge in [0.15, 0.2) is 11.6 Å². The van der Waals surface area contributed by atoms with E-state index in [-0.39, 0.29) is 11.4 Å². The molecule has 0 spiro atoms. The molecule has 2 heterocycles. The molecule has 0 fully saturated rings. The highest BCUT2D eigenvalue weighted by molar-refractivity contribution is 7.09. The van der Waals surface area contributed by atoms with E-state index in [2.05, 4.69) is 23.2 Å². The Morgan fingerprint density at radius 1 is 1.14 bits per heavy atom. The van der Waals surface area contributed by atoms with E-state index in [1.54, 1.807) is 7.11 Å². The van der Waals surface area contributed by atoms with Crippen molar-refractivity contribution in [3.8, 4) is 33.5 Å². The molecule has 3 aromatic rings. The molecule has 0 saturated carbocycles. The summed E-state index contributed by atoms with van der Waals surface area (Å²) >= 11 is 1.31. The van der Waals surface area contributed by atoms with Crippen molar-refractivity contribution >= 4 is 17.3 Å². The minimum absolute atomic E-state index is 0.126. The SMILES string of the molecule is CCC1(CC)CC(=O)c2cc(-c3nc(-c4ccccc4OC)ns3)ccc2O1. The van der Waals surface area contributed by atoms with E-state index in [1.807, 2.05) is 42.5 Å². The number of carbonyl (C=O) groups excluding carboxylic acids is 1. The smallest absolute Gasteiger partial charge is 0.177 e. The number of para-hydroxylation sites is 1. The van der Waals surface area contributed by atoms with E-state index in [1.165, 1.54) is 11.5 Å². The number of hydrogen-bond acceptors (Lipinski definition) is 6. The van der Waals surface area contributed by atoms with Crippen molar-refractivity contribution in [3.05, 3.63) is 48.0 Å². The number of aromatic nitrogens is 2. The first kappa shape index (κ1) is 18.6. The Balaban J connectivity index is 1.68. The normalized spacial score (nSPS) is 15.0. The molecular formula is C22H22N2O3S. The molecule has 0 saturated heterocycles. The van der Waals surface area contributed by atoms with E-state index in [0.29, 0.717) is 23.6 Å². The van der Waals surface area contributed by atoms with Crippen LogP contribution in [0.15, 0.2) is 42.5 Å². The van der Waals surface area contributed by atoms with Crippen molar-refractivity contribution in [2.24, 2.45) is 0 Å². The Morgan fingerprint density at radius 2 is 1.93 bits per heavy atom. The fraction of sp³-hybridized carbons (Fsp3) is 0.318. The van der Waals surface area contributed by atoms with Gasteiger partial charge in [-0.25, -0.2) is 4.98 Å². The number of carbonyl (C=O) groups is 1. The maximum Gasteiger partial charge on any atom is 0.177 e. The van der Waals surface area contributed by atoms with Gasteiger partial charge in [-0.1, -0.05) is 26.0 Å². The predicted molar refractivity (Wildman–Crippen MR) is 110 cm³/mol. The first-order valence-electron chi connectivity index (χ1n) is 9.43. The monoisotopic (exact) mass is 394 g/mol. The second-order valence-corrected chi connectivity index (χ2v) is 7.68. The molecule has 0 unspecified atom stereocenters. The molecule has 0 aliphatic carbocycles. The second-order valence-electron chi connectivity index (χ2n) is 6.93. The highest BCUT2D eigenvalue weighted by Gasteiger charge is 2.37. The lowest BCUT2D eigenvalue weighted by Crippen LogP contribution is -2.40. The predicted octanol–water partition coefficient (Wildman–Crippen LogP) is 5.40. The number of Topliss-reactive ketones (excluding diaryl/α,β-unsaturated/α-hetero) is 1. The van der Waals surface area contributed by atoms with Crippen LogP contribution in [0.5, 0.6) is 11.5 Å². The number of methoxy groups -OCH3 is 1. The van der Waals surface area contributed by atoms with Gasteiger partial charge < -0.3 is 9.47 Å². The molecule has 0 radical (unpaired) electrons. The molecule has 144 valence electrons. The van der Waals surface area contributed by atoms with Gasteiger partial charge in [0.25, 0.3) is 0 Å². The standard InChI is InChI=1S/C22H22N2O3S/c1-4-22(5-2)13-17(25)16-12-14(10-11-19(16)27-22)21-23-20(24-28-21)15-8-6-7-9-18(15)26-3/h6-12H,4-5,13H2,1-3H3. The Labute approximate surface area is 168 Å². The summed E-state index contributed by atoms with van der Waals surface area (Å²) in [5.41, 5.74) is 1.96. The maximum absolute atomic E-state index is 12.8. The van der Waals surface area contributed by atoms with Crippen molar-refractivity contribution in [2.75, 3.05) is 7.11 Å². The topological polar surface area (TPSA) is 61.3 Å². The van der Waals surface area contributed by atoms with Crippen LogP contribution in [-0.4, -0.2) is 27.9 Å². The average Bonchev–Trinajstić information content (AvgIpc) is 3.23. The Bertz CT molecular complexity index is 1020. The zero-order chi connectivity index (χ0) is 19.7. The minimum Gasteiger partial charge on any atom is -0.496 e. The third-order valence-electron chi connectivity index (χ3n) is 5.40. The first-order valence-corrected chi connectivity index (χ1v) is 10.2. The second kappa shape index (κ2) is 7.36. The lowest BCUT2D eigenvalue weighted by molar-refractivity contribution is 0.0350. The number of ether oxygens (including phenoxy) is 2. The van der Waals surface area contributed by atoms with Crippen LogP contribution in [0.4, 0.5) is 0 Å². The molecule has 1 aliphatic rings. The van der Waals surface area contributed by atoms with Gasteiger partial charge in [-0.05, 0) is 54.7 Å². The van der Waals surface area contributed by atoms with Crippen LogP contribution in [0, 0.1) is 0 Å². The maximum atomic E-state index is 12.8. The molecule has 0 N–H and O–H groups in total. The van der Waals surface area contributed by atoms with Crippen molar-refractivity contribution < 1.29 is 14.3 Å². The largest absolute Gasteiger partial charge is 0.496 e. The lowest BCUT2D eigenvalue weighted by atomic mass is 9.85. The van der Waals surface area contributed by atoms with Crippen LogP contribution >= 0.6 is 11.5 Å². The van der Waals surface area contributed by atoms with Gasteiger partial charge in [0, 0.05) is 5.56 Å². The fourth-order valence-corrected chi connectivity index (χ4v) is 4.22. The summed E-state index contributed by atoms with van der Waals surface area (Å²) < 4.78 is 16.1. The third kappa shape index (κ3) is 3.18. The first-order chi connectivity index (χ1) is 13.6. The van der Waals surface area contributed by atoms with E-state index < -0.39 is 0 Å². The van der Waals surface area contributed by atoms with Gasteiger partial charge in [-0.15, -0.1) is 0 Å². The van der Waals surface area contributed by atoms with Gasteiger partial charge in [-0.3, -0.25) is 4.79 Å². The van der Waals surface area contributed by atoms with Gasteiger partial charge >= 0.3 is 0 Å². The number of benzene rings is 2. The van der Waals surface area contributed by atoms with Gasteiger partial charge in [0.2, 0.25) is 0 Å². The number of nitrogens with zero attached hydrogens (tertiary/aromatic N) is 2. The summed E-state index contributed by atoms with van der Waals surface area (Å²) in [6, 6.07) is 13.4. The Morgan fingerprint density at radius 3 is 2.68 bits per heavy atom. The van der Waals surface area contributed by atoms with Gasteiger partial charge in [0.1, 0.15) is 22.1 Å². The highest BCUT2D eigenvalue weighted by Crippen LogP contribution is 2.39. The molecule has 0 amide bonds. The minimum atomic E-state index is -0.384. The van der Waals surface area contributed by atoms with Crippen LogP contribution < -0.4 is 9.47 Å². The molecule has 1 aliphatic heterocycles. The van der Waals surface area contributed by atoms with Gasteiger partial charge in [-0.2, -0.15) is 4.37 Å². The molecule has 2 aromatic carbocycles. The van der Waals surface area contributed by atoms with Crippen molar-refractivity contribution in [1.82, 2.24) is 9.36 Å². The average molecular weight is 394 g/mol. The Hall–Kier alpha value is -2.73. The molecule has 28 heavy (non-hydrogen) atoms. The van der Waals surface area contributed by atoms with Crippen molar-refractivity contribution in [1.29, 1.82) is 0 Å². The number of rotatable bonds is 5. The molecule has 4 rings (SSSR count). The summed E-state index contributed by atoms with van der Waals surface area (Å²) in [6.45, 7) is 4.13.